The molecule has 3 N–H and O–H groups in total. The van der Waals surface area contributed by atoms with E-state index in [1.807, 2.05) is 0 Å². The number of aliphatic hydroxyl groups excluding tert-OH is 1. The predicted molar refractivity (Wildman–Crippen MR) is 112 cm³/mol. The molecule has 4 heterocycles. The molecule has 2 aromatic rings. The number of aromatic hydroxyl groups is 1. The number of amides is 2. The molecule has 0 aliphatic carbocycles. The van der Waals surface area contributed by atoms with E-state index in [-0.39, 0.29) is 11.4 Å². The van der Waals surface area contributed by atoms with Crippen LogP contribution in [-0.2, 0) is 12.1 Å². The highest BCUT2D eigenvalue weighted by atomic mass is 19.1. The summed E-state index contributed by atoms with van der Waals surface area (Å²) >= 11 is 0. The number of nitrogens with one attached hydrogen (secondary N) is 1. The van der Waals surface area contributed by atoms with Crippen molar-refractivity contribution < 1.29 is 33.0 Å². The Morgan fingerprint density at radius 3 is 2.56 bits per heavy atom. The van der Waals surface area contributed by atoms with Gasteiger partial charge < -0.3 is 25.0 Å². The zero-order valence-corrected chi connectivity index (χ0v) is 18.0. The number of nitrogens with zero attached hydrogens (tertiary/aromatic N) is 2. The summed E-state index contributed by atoms with van der Waals surface area (Å²) in [6.07, 6.45) is 2.51. The van der Waals surface area contributed by atoms with Crippen LogP contribution in [-0.4, -0.2) is 51.2 Å². The van der Waals surface area contributed by atoms with Crippen molar-refractivity contribution in [1.29, 1.82) is 0 Å². The fraction of sp³-hybridized carbons (Fsp3) is 0.435. The second kappa shape index (κ2) is 7.86. The molecule has 1 saturated heterocycles. The molecule has 0 saturated carbocycles. The first-order valence-corrected chi connectivity index (χ1v) is 11.0. The smallest absolute Gasteiger partial charge is 0.274 e. The number of hydrogen-bond acceptors (Lipinski definition) is 5. The van der Waals surface area contributed by atoms with E-state index in [0.717, 1.165) is 12.8 Å². The van der Waals surface area contributed by atoms with E-state index < -0.39 is 76.2 Å². The van der Waals surface area contributed by atoms with Crippen LogP contribution < -0.4 is 10.7 Å². The van der Waals surface area contributed by atoms with E-state index in [1.165, 1.54) is 0 Å². The SMILES string of the molecule is O=C(NCc1c(F)cc(F)cc1F)c1c2n3c(c(O)c1=O)C(=O)N1CCCC[C@@]3(CC2CO)C1. The second-order valence-electron chi connectivity index (χ2n) is 9.14. The summed E-state index contributed by atoms with van der Waals surface area (Å²) in [4.78, 5) is 40.9. The van der Waals surface area contributed by atoms with Gasteiger partial charge in [-0.05, 0) is 25.7 Å². The zero-order chi connectivity index (χ0) is 24.4. The lowest BCUT2D eigenvalue weighted by atomic mass is 9.86. The van der Waals surface area contributed by atoms with E-state index in [0.29, 0.717) is 38.1 Å². The lowest BCUT2D eigenvalue weighted by Gasteiger charge is -2.41. The average Bonchev–Trinajstić information content (AvgIpc) is 2.96. The average molecular weight is 477 g/mol. The molecule has 2 bridgehead atoms. The lowest BCUT2D eigenvalue weighted by Crippen LogP contribution is -2.52. The Kier molecular flexibility index (Phi) is 5.19. The quantitative estimate of drug-likeness (QED) is 0.621. The Labute approximate surface area is 191 Å². The number of pyridine rings is 1. The number of halogens is 3. The van der Waals surface area contributed by atoms with E-state index in [9.17, 15) is 37.8 Å². The number of carbonyl (C=O) groups excluding carboxylic acids is 2. The van der Waals surface area contributed by atoms with Crippen molar-refractivity contribution in [2.24, 2.45) is 0 Å². The normalized spacial score (nSPS) is 23.0. The van der Waals surface area contributed by atoms with Crippen molar-refractivity contribution in [1.82, 2.24) is 14.8 Å². The number of aliphatic hydroxyl groups is 1. The van der Waals surface area contributed by atoms with Crippen molar-refractivity contribution in [3.8, 4) is 5.75 Å². The van der Waals surface area contributed by atoms with Crippen molar-refractivity contribution in [2.75, 3.05) is 19.7 Å². The summed E-state index contributed by atoms with van der Waals surface area (Å²) in [6.45, 7) is -0.275. The van der Waals surface area contributed by atoms with Gasteiger partial charge in [-0.3, -0.25) is 14.4 Å². The molecule has 1 aromatic heterocycles. The van der Waals surface area contributed by atoms with Crippen LogP contribution in [0.15, 0.2) is 16.9 Å². The Morgan fingerprint density at radius 1 is 1.18 bits per heavy atom. The lowest BCUT2D eigenvalue weighted by molar-refractivity contribution is 0.0578. The van der Waals surface area contributed by atoms with Crippen LogP contribution in [0, 0.1) is 17.5 Å². The van der Waals surface area contributed by atoms with Crippen LogP contribution in [0.5, 0.6) is 5.75 Å². The molecule has 11 heteroatoms. The maximum Gasteiger partial charge on any atom is 0.274 e. The minimum Gasteiger partial charge on any atom is -0.503 e. The minimum absolute atomic E-state index is 0.132. The molecule has 0 radical (unpaired) electrons. The number of rotatable bonds is 4. The van der Waals surface area contributed by atoms with Gasteiger partial charge in [-0.15, -0.1) is 0 Å². The fourth-order valence-corrected chi connectivity index (χ4v) is 5.71. The highest BCUT2D eigenvalue weighted by Crippen LogP contribution is 2.50. The Bertz CT molecular complexity index is 1270. The Hall–Kier alpha value is -3.34. The number of benzene rings is 1. The minimum atomic E-state index is -1.20. The van der Waals surface area contributed by atoms with Gasteiger partial charge in [0.25, 0.3) is 11.8 Å². The van der Waals surface area contributed by atoms with Crippen LogP contribution in [0.4, 0.5) is 13.2 Å². The first-order chi connectivity index (χ1) is 16.2. The maximum atomic E-state index is 14.0. The van der Waals surface area contributed by atoms with Gasteiger partial charge in [0, 0.05) is 48.9 Å². The molecule has 8 nitrogen and oxygen atoms in total. The molecule has 2 atom stereocenters. The van der Waals surface area contributed by atoms with Gasteiger partial charge in [-0.25, -0.2) is 13.2 Å². The number of hydrogen-bond donors (Lipinski definition) is 3. The molecule has 3 aliphatic heterocycles. The summed E-state index contributed by atoms with van der Waals surface area (Å²) in [5, 5.41) is 23.1. The maximum absolute atomic E-state index is 14.0. The highest BCUT2D eigenvalue weighted by molar-refractivity contribution is 6.00. The zero-order valence-electron chi connectivity index (χ0n) is 18.0. The molecule has 2 amide bonds. The molecule has 1 spiro atoms. The Balaban J connectivity index is 1.63. The van der Waals surface area contributed by atoms with Crippen molar-refractivity contribution in [3.63, 3.8) is 0 Å². The van der Waals surface area contributed by atoms with Crippen LogP contribution in [0.25, 0.3) is 0 Å². The molecule has 180 valence electrons. The third-order valence-corrected chi connectivity index (χ3v) is 7.15. The summed E-state index contributed by atoms with van der Waals surface area (Å²) in [7, 11) is 0. The van der Waals surface area contributed by atoms with Crippen LogP contribution in [0.2, 0.25) is 0 Å². The van der Waals surface area contributed by atoms with Gasteiger partial charge in [-0.2, -0.15) is 0 Å². The van der Waals surface area contributed by atoms with Crippen LogP contribution >= 0.6 is 0 Å². The van der Waals surface area contributed by atoms with Crippen molar-refractivity contribution in [3.05, 3.63) is 62.3 Å². The summed E-state index contributed by atoms with van der Waals surface area (Å²) in [6, 6.07) is 0.942. The van der Waals surface area contributed by atoms with Gasteiger partial charge >= 0.3 is 0 Å². The molecule has 1 unspecified atom stereocenters. The largest absolute Gasteiger partial charge is 0.503 e. The van der Waals surface area contributed by atoms with Gasteiger partial charge in [0.1, 0.15) is 23.0 Å². The fourth-order valence-electron chi connectivity index (χ4n) is 5.71. The first kappa shape index (κ1) is 22.5. The van der Waals surface area contributed by atoms with E-state index in [4.69, 9.17) is 0 Å². The van der Waals surface area contributed by atoms with Crippen LogP contribution in [0.3, 0.4) is 0 Å². The summed E-state index contributed by atoms with van der Waals surface area (Å²) in [5.41, 5.74) is -2.92. The standard InChI is InChI=1S/C23H22F3N3O5/c24-12-5-14(25)13(15(26)6-12)8-27-21(33)16-17-11(9-30)7-23-3-1-2-4-28(10-23)22(34)18(29(17)23)20(32)19(16)31/h5-6,11,30,32H,1-4,7-10H2,(H,27,33)/t11?,23-/m1/s1. The van der Waals surface area contributed by atoms with E-state index in [2.05, 4.69) is 5.32 Å². The van der Waals surface area contributed by atoms with Crippen molar-refractivity contribution >= 4 is 11.8 Å². The number of aromatic nitrogens is 1. The number of fused-ring (bicyclic) bond motifs is 1. The molecule has 3 aliphatic rings. The molecular weight excluding hydrogens is 455 g/mol. The highest BCUT2D eigenvalue weighted by Gasteiger charge is 2.53. The first-order valence-electron chi connectivity index (χ1n) is 11.0. The third-order valence-electron chi connectivity index (χ3n) is 7.15. The van der Waals surface area contributed by atoms with Gasteiger partial charge in [0.15, 0.2) is 11.4 Å². The molecule has 5 rings (SSSR count). The Morgan fingerprint density at radius 2 is 1.88 bits per heavy atom. The molecule has 34 heavy (non-hydrogen) atoms. The van der Waals surface area contributed by atoms with E-state index in [1.54, 1.807) is 9.47 Å². The predicted octanol–water partition coefficient (Wildman–Crippen LogP) is 1.72. The van der Waals surface area contributed by atoms with Gasteiger partial charge in [0.2, 0.25) is 5.43 Å². The summed E-state index contributed by atoms with van der Waals surface area (Å²) in [5.74, 6) is -6.59. The number of carbonyl (C=O) groups is 2. The van der Waals surface area contributed by atoms with E-state index >= 15 is 0 Å². The molecule has 1 aromatic carbocycles. The molecule has 1 fully saturated rings. The third kappa shape index (κ3) is 3.13. The van der Waals surface area contributed by atoms with Gasteiger partial charge in [0.05, 0.1) is 12.1 Å². The van der Waals surface area contributed by atoms with Crippen LogP contribution in [0.1, 0.15) is 63.7 Å². The second-order valence-corrected chi connectivity index (χ2v) is 9.14. The van der Waals surface area contributed by atoms with Gasteiger partial charge in [-0.1, -0.05) is 0 Å². The monoisotopic (exact) mass is 477 g/mol. The topological polar surface area (TPSA) is 112 Å². The molecular formula is C23H22F3N3O5. The summed E-state index contributed by atoms with van der Waals surface area (Å²) < 4.78 is 42.7. The van der Waals surface area contributed by atoms with Crippen molar-refractivity contribution in [2.45, 2.75) is 43.7 Å².